The van der Waals surface area contributed by atoms with Crippen LogP contribution in [0.25, 0.3) is 53.1 Å². The summed E-state index contributed by atoms with van der Waals surface area (Å²) in [7, 11) is 0. The SMILES string of the molecule is CC(C)c1cc(-c2ncnc3sc4c5ccccc5ccc4c23)[c-]c2ccccc12.CCC(CC)C(=O)/C=C(\O)C(CC)CC.[Ir]. The van der Waals surface area contributed by atoms with Crippen molar-refractivity contribution in [2.75, 3.05) is 0 Å². The maximum Gasteiger partial charge on any atom is 0.162 e. The predicted molar refractivity (Wildman–Crippen MR) is 192 cm³/mol. The number of allylic oxidation sites excluding steroid dienone is 2. The predicted octanol–water partition coefficient (Wildman–Crippen LogP) is 11.6. The zero-order chi connectivity index (χ0) is 32.1. The van der Waals surface area contributed by atoms with Crippen LogP contribution in [-0.2, 0) is 24.9 Å². The Labute approximate surface area is 290 Å². The van der Waals surface area contributed by atoms with E-state index in [1.807, 2.05) is 27.7 Å². The Morgan fingerprint density at radius 1 is 0.848 bits per heavy atom. The van der Waals surface area contributed by atoms with E-state index in [0.29, 0.717) is 5.92 Å². The first-order valence-electron chi connectivity index (χ1n) is 16.3. The number of hydrogen-bond donors (Lipinski definition) is 1. The van der Waals surface area contributed by atoms with Gasteiger partial charge in [0.2, 0.25) is 0 Å². The zero-order valence-electron chi connectivity index (χ0n) is 27.6. The van der Waals surface area contributed by atoms with Gasteiger partial charge in [0.1, 0.15) is 11.2 Å². The second kappa shape index (κ2) is 15.9. The third kappa shape index (κ3) is 7.25. The maximum atomic E-state index is 11.7. The van der Waals surface area contributed by atoms with Crippen molar-refractivity contribution in [1.29, 1.82) is 0 Å². The van der Waals surface area contributed by atoms with E-state index in [0.717, 1.165) is 52.5 Å². The molecule has 241 valence electrons. The minimum absolute atomic E-state index is 0. The molecule has 0 atom stereocenters. The molecule has 0 aliphatic carbocycles. The van der Waals surface area contributed by atoms with E-state index in [2.05, 4.69) is 91.6 Å². The number of ketones is 1. The summed E-state index contributed by atoms with van der Waals surface area (Å²) in [6, 6.07) is 27.4. The number of nitrogens with zero attached hydrogens (tertiary/aromatic N) is 2. The van der Waals surface area contributed by atoms with E-state index in [1.165, 1.54) is 37.9 Å². The number of benzene rings is 4. The smallest absolute Gasteiger partial charge is 0.162 e. The summed E-state index contributed by atoms with van der Waals surface area (Å²) in [6.07, 6.45) is 6.59. The van der Waals surface area contributed by atoms with Crippen LogP contribution in [0, 0.1) is 17.9 Å². The summed E-state index contributed by atoms with van der Waals surface area (Å²) in [5.41, 5.74) is 3.34. The van der Waals surface area contributed by atoms with Gasteiger partial charge in [0.05, 0.1) is 5.76 Å². The summed E-state index contributed by atoms with van der Waals surface area (Å²) in [5, 5.41) is 17.0. The van der Waals surface area contributed by atoms with Crippen LogP contribution in [0.5, 0.6) is 0 Å². The standard InChI is InChI=1S/C27H19N2S.C13H24O2.Ir/c1-16(2)23-14-19(13-18-8-4-5-9-20(18)23)25-24-22-12-11-17-7-3-6-10-21(17)26(22)30-27(24)29-15-28-25;1-5-10(6-2)12(14)9-13(15)11(7-3)8-4;/h3-12,14-16H,1-2H3;9-11,14H,5-8H2,1-4H3;/q-1;;/b;12-9-;. The first kappa shape index (κ1) is 35.4. The molecule has 1 radical (unpaired) electrons. The van der Waals surface area contributed by atoms with Crippen LogP contribution in [0.1, 0.15) is 78.7 Å². The molecule has 0 amide bonds. The molecule has 0 saturated carbocycles. The molecule has 0 bridgehead atoms. The molecular weight excluding hydrogens is 765 g/mol. The van der Waals surface area contributed by atoms with Crippen LogP contribution in [0.2, 0.25) is 0 Å². The van der Waals surface area contributed by atoms with Crippen molar-refractivity contribution in [3.63, 3.8) is 0 Å². The molecular formula is C40H43IrN2O2S-. The van der Waals surface area contributed by atoms with Gasteiger partial charge < -0.3 is 5.11 Å². The van der Waals surface area contributed by atoms with Gasteiger partial charge in [-0.15, -0.1) is 40.5 Å². The number of carbonyl (C=O) groups is 1. The van der Waals surface area contributed by atoms with Crippen molar-refractivity contribution < 1.29 is 30.0 Å². The van der Waals surface area contributed by atoms with E-state index >= 15 is 0 Å². The van der Waals surface area contributed by atoms with Gasteiger partial charge in [0, 0.05) is 53.8 Å². The molecule has 4 nitrogen and oxygen atoms in total. The topological polar surface area (TPSA) is 63.1 Å². The Hall–Kier alpha value is -3.44. The maximum absolute atomic E-state index is 11.7. The molecule has 2 aromatic heterocycles. The molecule has 2 heterocycles. The minimum Gasteiger partial charge on any atom is -0.512 e. The van der Waals surface area contributed by atoms with E-state index < -0.39 is 0 Å². The van der Waals surface area contributed by atoms with E-state index in [9.17, 15) is 9.90 Å². The van der Waals surface area contributed by atoms with E-state index in [-0.39, 0.29) is 43.5 Å². The second-order valence-electron chi connectivity index (χ2n) is 12.0. The zero-order valence-corrected chi connectivity index (χ0v) is 30.8. The minimum atomic E-state index is 0. The fourth-order valence-corrected chi connectivity index (χ4v) is 7.36. The Morgan fingerprint density at radius 3 is 2.17 bits per heavy atom. The molecule has 6 rings (SSSR count). The van der Waals surface area contributed by atoms with Crippen LogP contribution in [-0.4, -0.2) is 20.9 Å². The van der Waals surface area contributed by atoms with Crippen LogP contribution < -0.4 is 0 Å². The van der Waals surface area contributed by atoms with Crippen LogP contribution in [0.15, 0.2) is 84.9 Å². The Kier molecular flexibility index (Phi) is 12.2. The monoisotopic (exact) mass is 808 g/mol. The largest absolute Gasteiger partial charge is 0.512 e. The van der Waals surface area contributed by atoms with Crippen molar-refractivity contribution in [3.05, 3.63) is 96.5 Å². The van der Waals surface area contributed by atoms with Crippen molar-refractivity contribution >= 4 is 59.0 Å². The van der Waals surface area contributed by atoms with E-state index in [4.69, 9.17) is 4.98 Å². The summed E-state index contributed by atoms with van der Waals surface area (Å²) < 4.78 is 1.27. The van der Waals surface area contributed by atoms with E-state index in [1.54, 1.807) is 17.7 Å². The third-order valence-electron chi connectivity index (χ3n) is 8.93. The molecule has 0 fully saturated rings. The quantitative estimate of drug-likeness (QED) is 0.0898. The third-order valence-corrected chi connectivity index (χ3v) is 10.1. The number of hydrogen-bond acceptors (Lipinski definition) is 5. The van der Waals surface area contributed by atoms with Gasteiger partial charge in [-0.2, -0.15) is 0 Å². The van der Waals surface area contributed by atoms with Gasteiger partial charge in [-0.3, -0.25) is 9.78 Å². The number of aliphatic hydroxyl groups excluding tert-OH is 1. The molecule has 1 N–H and O–H groups in total. The van der Waals surface area contributed by atoms with Crippen molar-refractivity contribution in [2.24, 2.45) is 11.8 Å². The Bertz CT molecular complexity index is 1990. The molecule has 6 aromatic rings. The Morgan fingerprint density at radius 2 is 1.50 bits per heavy atom. The molecule has 0 unspecified atom stereocenters. The Balaban J connectivity index is 0.000000259. The van der Waals surface area contributed by atoms with Gasteiger partial charge in [-0.1, -0.05) is 107 Å². The molecule has 0 aliphatic heterocycles. The van der Waals surface area contributed by atoms with Gasteiger partial charge in [0.15, 0.2) is 5.78 Å². The fourth-order valence-electron chi connectivity index (χ4n) is 6.18. The molecule has 0 spiro atoms. The second-order valence-corrected chi connectivity index (χ2v) is 13.0. The summed E-state index contributed by atoms with van der Waals surface area (Å²) in [5.74, 6) is 0.967. The number of carbonyl (C=O) groups excluding carboxylic acids is 1. The van der Waals surface area contributed by atoms with Crippen LogP contribution in [0.4, 0.5) is 0 Å². The number of aromatic nitrogens is 2. The number of aliphatic hydroxyl groups is 1. The first-order valence-corrected chi connectivity index (χ1v) is 17.1. The molecule has 6 heteroatoms. The summed E-state index contributed by atoms with van der Waals surface area (Å²) >= 11 is 1.75. The van der Waals surface area contributed by atoms with Crippen molar-refractivity contribution in [1.82, 2.24) is 9.97 Å². The van der Waals surface area contributed by atoms with Gasteiger partial charge in [0.25, 0.3) is 0 Å². The molecule has 46 heavy (non-hydrogen) atoms. The normalized spacial score (nSPS) is 11.9. The summed E-state index contributed by atoms with van der Waals surface area (Å²) in [4.78, 5) is 22.1. The van der Waals surface area contributed by atoms with Gasteiger partial charge in [-0.25, -0.2) is 4.98 Å². The molecule has 0 aliphatic rings. The average Bonchev–Trinajstić information content (AvgIpc) is 3.45. The first-order chi connectivity index (χ1) is 21.8. The summed E-state index contributed by atoms with van der Waals surface area (Å²) in [6.45, 7) is 12.6. The molecule has 0 saturated heterocycles. The van der Waals surface area contributed by atoms with Crippen LogP contribution in [0.3, 0.4) is 0 Å². The number of fused-ring (bicyclic) bond motifs is 6. The van der Waals surface area contributed by atoms with Crippen LogP contribution >= 0.6 is 11.3 Å². The van der Waals surface area contributed by atoms with Gasteiger partial charge in [-0.05, 0) is 47.8 Å². The fraction of sp³-hybridized carbons (Fsp3) is 0.325. The number of rotatable bonds is 9. The average molecular weight is 808 g/mol. The van der Waals surface area contributed by atoms with Crippen molar-refractivity contribution in [2.45, 2.75) is 73.1 Å². The number of thiophene rings is 1. The van der Waals surface area contributed by atoms with Gasteiger partial charge >= 0.3 is 0 Å². The van der Waals surface area contributed by atoms with Crippen molar-refractivity contribution in [3.8, 4) is 11.3 Å². The molecule has 4 aromatic carbocycles.